The zero-order chi connectivity index (χ0) is 16.2. The van der Waals surface area contributed by atoms with E-state index >= 15 is 0 Å². The minimum Gasteiger partial charge on any atom is -0.360 e. The van der Waals surface area contributed by atoms with Crippen LogP contribution in [-0.2, 0) is 0 Å². The number of carbonyl (C=O) groups is 1. The number of carbonyl (C=O) groups excluding carboxylic acids is 1. The maximum Gasteiger partial charge on any atom is 0.256 e. The molecule has 2 aromatic heterocycles. The van der Waals surface area contributed by atoms with E-state index < -0.39 is 0 Å². The van der Waals surface area contributed by atoms with Crippen molar-refractivity contribution in [3.05, 3.63) is 58.8 Å². The number of anilines is 3. The van der Waals surface area contributed by atoms with Gasteiger partial charge in [0.15, 0.2) is 17.5 Å². The third kappa shape index (κ3) is 3.83. The normalized spacial score (nSPS) is 10.3. The molecule has 0 aliphatic rings. The highest BCUT2D eigenvalue weighted by Gasteiger charge is 2.08. The lowest BCUT2D eigenvalue weighted by Crippen LogP contribution is -2.13. The van der Waals surface area contributed by atoms with E-state index in [1.54, 1.807) is 49.4 Å². The summed E-state index contributed by atoms with van der Waals surface area (Å²) in [6.45, 7) is 1.79. The first-order valence-electron chi connectivity index (χ1n) is 6.71. The number of amides is 1. The Balaban J connectivity index is 1.65. The highest BCUT2D eigenvalue weighted by Crippen LogP contribution is 2.15. The number of halogens is 1. The Morgan fingerprint density at radius 2 is 1.74 bits per heavy atom. The summed E-state index contributed by atoms with van der Waals surface area (Å²) in [6, 6.07) is 11.6. The molecule has 0 fully saturated rings. The molecule has 1 amide bonds. The second-order valence-electron chi connectivity index (χ2n) is 4.71. The fraction of sp³-hybridized carbons (Fsp3) is 0.0667. The predicted molar refractivity (Wildman–Crippen MR) is 86.0 cm³/mol. The largest absolute Gasteiger partial charge is 0.360 e. The van der Waals surface area contributed by atoms with Gasteiger partial charge in [-0.15, -0.1) is 10.2 Å². The molecule has 2 heterocycles. The molecule has 1 aromatic carbocycles. The van der Waals surface area contributed by atoms with E-state index in [9.17, 15) is 4.79 Å². The number of aromatic nitrogens is 3. The van der Waals surface area contributed by atoms with Crippen LogP contribution >= 0.6 is 11.6 Å². The monoisotopic (exact) mass is 329 g/mol. The molecule has 2 N–H and O–H groups in total. The minimum atomic E-state index is -0.288. The molecular formula is C15H12ClN5O2. The molecule has 3 rings (SSSR count). The van der Waals surface area contributed by atoms with Crippen LogP contribution in [0, 0.1) is 6.92 Å². The van der Waals surface area contributed by atoms with Crippen LogP contribution in [0.25, 0.3) is 0 Å². The number of benzene rings is 1. The van der Waals surface area contributed by atoms with E-state index in [4.69, 9.17) is 16.1 Å². The molecule has 3 aromatic rings. The van der Waals surface area contributed by atoms with Crippen molar-refractivity contribution in [2.75, 3.05) is 10.6 Å². The van der Waals surface area contributed by atoms with Gasteiger partial charge in [0.05, 0.1) is 0 Å². The van der Waals surface area contributed by atoms with Crippen LogP contribution in [0.2, 0.25) is 5.02 Å². The average Bonchev–Trinajstić information content (AvgIpc) is 2.95. The van der Waals surface area contributed by atoms with Gasteiger partial charge in [0.2, 0.25) is 0 Å². The lowest BCUT2D eigenvalue weighted by atomic mass is 10.2. The van der Waals surface area contributed by atoms with Gasteiger partial charge in [0, 0.05) is 16.7 Å². The van der Waals surface area contributed by atoms with E-state index in [1.807, 2.05) is 0 Å². The maximum absolute atomic E-state index is 12.0. The van der Waals surface area contributed by atoms with Gasteiger partial charge in [-0.3, -0.25) is 4.79 Å². The van der Waals surface area contributed by atoms with Crippen LogP contribution in [0.3, 0.4) is 0 Å². The van der Waals surface area contributed by atoms with Gasteiger partial charge in [-0.05, 0) is 43.3 Å². The molecule has 0 bridgehead atoms. The summed E-state index contributed by atoms with van der Waals surface area (Å²) in [5, 5.41) is 17.9. The molecule has 116 valence electrons. The third-order valence-electron chi connectivity index (χ3n) is 2.90. The molecular weight excluding hydrogens is 318 g/mol. The molecule has 0 aliphatic heterocycles. The Morgan fingerprint density at radius 1 is 1.04 bits per heavy atom. The molecule has 23 heavy (non-hydrogen) atoms. The van der Waals surface area contributed by atoms with Gasteiger partial charge in [-0.2, -0.15) is 0 Å². The summed E-state index contributed by atoms with van der Waals surface area (Å²) in [5.74, 6) is 1.76. The van der Waals surface area contributed by atoms with Crippen LogP contribution < -0.4 is 10.6 Å². The van der Waals surface area contributed by atoms with Gasteiger partial charge >= 0.3 is 0 Å². The van der Waals surface area contributed by atoms with Gasteiger partial charge in [0.1, 0.15) is 5.76 Å². The summed E-state index contributed by atoms with van der Waals surface area (Å²) >= 11 is 5.79. The average molecular weight is 330 g/mol. The fourth-order valence-electron chi connectivity index (χ4n) is 1.81. The second-order valence-corrected chi connectivity index (χ2v) is 5.15. The first-order valence-corrected chi connectivity index (χ1v) is 7.09. The molecule has 0 radical (unpaired) electrons. The number of nitrogens with one attached hydrogen (secondary N) is 2. The highest BCUT2D eigenvalue weighted by atomic mass is 35.5. The van der Waals surface area contributed by atoms with Gasteiger partial charge < -0.3 is 15.2 Å². The number of hydrogen-bond donors (Lipinski definition) is 2. The third-order valence-corrected chi connectivity index (χ3v) is 3.15. The van der Waals surface area contributed by atoms with Crippen LogP contribution in [0.4, 0.5) is 17.5 Å². The van der Waals surface area contributed by atoms with Crippen molar-refractivity contribution in [3.8, 4) is 0 Å². The van der Waals surface area contributed by atoms with Crippen LogP contribution in [0.5, 0.6) is 0 Å². The maximum atomic E-state index is 12.0. The van der Waals surface area contributed by atoms with Crippen LogP contribution in [-0.4, -0.2) is 21.3 Å². The molecule has 0 spiro atoms. The Labute approximate surface area is 136 Å². The number of rotatable bonds is 4. The molecule has 8 heteroatoms. The number of hydrogen-bond acceptors (Lipinski definition) is 6. The predicted octanol–water partition coefficient (Wildman–Crippen LogP) is 3.42. The van der Waals surface area contributed by atoms with Crippen molar-refractivity contribution in [2.24, 2.45) is 0 Å². The molecule has 0 atom stereocenters. The fourth-order valence-corrected chi connectivity index (χ4v) is 1.94. The van der Waals surface area contributed by atoms with Gasteiger partial charge in [-0.1, -0.05) is 16.8 Å². The van der Waals surface area contributed by atoms with E-state index in [0.29, 0.717) is 33.8 Å². The first kappa shape index (κ1) is 15.0. The van der Waals surface area contributed by atoms with Gasteiger partial charge in [0.25, 0.3) is 5.91 Å². The van der Waals surface area contributed by atoms with Crippen molar-refractivity contribution >= 4 is 35.0 Å². The molecule has 0 unspecified atom stereocenters. The Morgan fingerprint density at radius 3 is 2.35 bits per heavy atom. The summed E-state index contributed by atoms with van der Waals surface area (Å²) < 4.78 is 4.94. The standard InChI is InChI=1S/C15H12ClN5O2/c1-9-8-14(21-23-9)17-12-6-7-13(20-19-12)18-15(22)10-2-4-11(16)5-3-10/h2-8H,1H3,(H,17,19,21)(H,18,20,22). The number of nitrogens with zero attached hydrogens (tertiary/aromatic N) is 3. The quantitative estimate of drug-likeness (QED) is 0.761. The van der Waals surface area contributed by atoms with E-state index in [2.05, 4.69) is 26.0 Å². The summed E-state index contributed by atoms with van der Waals surface area (Å²) in [7, 11) is 0. The lowest BCUT2D eigenvalue weighted by Gasteiger charge is -2.05. The van der Waals surface area contributed by atoms with Crippen molar-refractivity contribution in [1.82, 2.24) is 15.4 Å². The molecule has 0 saturated carbocycles. The first-order chi connectivity index (χ1) is 11.1. The summed E-state index contributed by atoms with van der Waals surface area (Å²) in [5.41, 5.74) is 0.483. The van der Waals surface area contributed by atoms with Crippen molar-refractivity contribution in [2.45, 2.75) is 6.92 Å². The molecule has 7 nitrogen and oxygen atoms in total. The molecule has 0 aliphatic carbocycles. The van der Waals surface area contributed by atoms with E-state index in [1.165, 1.54) is 0 Å². The Hall–Kier alpha value is -2.93. The molecule has 0 saturated heterocycles. The van der Waals surface area contributed by atoms with E-state index in [-0.39, 0.29) is 5.91 Å². The second kappa shape index (κ2) is 6.45. The smallest absolute Gasteiger partial charge is 0.256 e. The minimum absolute atomic E-state index is 0.288. The van der Waals surface area contributed by atoms with Crippen molar-refractivity contribution in [1.29, 1.82) is 0 Å². The van der Waals surface area contributed by atoms with Gasteiger partial charge in [-0.25, -0.2) is 0 Å². The van der Waals surface area contributed by atoms with Crippen molar-refractivity contribution < 1.29 is 9.32 Å². The topological polar surface area (TPSA) is 92.9 Å². The van der Waals surface area contributed by atoms with E-state index in [0.717, 1.165) is 0 Å². The lowest BCUT2D eigenvalue weighted by molar-refractivity contribution is 0.102. The Kier molecular flexibility index (Phi) is 4.20. The van der Waals surface area contributed by atoms with Crippen LogP contribution in [0.1, 0.15) is 16.1 Å². The SMILES string of the molecule is Cc1cc(Nc2ccc(NC(=O)c3ccc(Cl)cc3)nn2)no1. The summed E-state index contributed by atoms with van der Waals surface area (Å²) in [6.07, 6.45) is 0. The Bertz CT molecular complexity index is 815. The van der Waals surface area contributed by atoms with Crippen molar-refractivity contribution in [3.63, 3.8) is 0 Å². The highest BCUT2D eigenvalue weighted by molar-refractivity contribution is 6.30. The zero-order valence-electron chi connectivity index (χ0n) is 12.1. The summed E-state index contributed by atoms with van der Waals surface area (Å²) in [4.78, 5) is 12.0. The zero-order valence-corrected chi connectivity index (χ0v) is 12.8. The number of aryl methyl sites for hydroxylation is 1. The van der Waals surface area contributed by atoms with Crippen LogP contribution in [0.15, 0.2) is 47.0 Å².